The van der Waals surface area contributed by atoms with E-state index in [2.05, 4.69) is 23.1 Å². The normalized spacial score (nSPS) is 14.0. The maximum Gasteiger partial charge on any atom is 0.242 e. The van der Waals surface area contributed by atoms with Gasteiger partial charge in [-0.2, -0.15) is 0 Å². The summed E-state index contributed by atoms with van der Waals surface area (Å²) in [5.41, 5.74) is 2.51. The number of nitrogens with zero attached hydrogens (tertiary/aromatic N) is 2. The van der Waals surface area contributed by atoms with Crippen molar-refractivity contribution < 1.29 is 4.79 Å². The minimum atomic E-state index is 0.100. The van der Waals surface area contributed by atoms with Gasteiger partial charge in [0.25, 0.3) is 0 Å². The Bertz CT molecular complexity index is 447. The van der Waals surface area contributed by atoms with Gasteiger partial charge in [0.05, 0.1) is 6.54 Å². The largest absolute Gasteiger partial charge is 0.362 e. The van der Waals surface area contributed by atoms with E-state index in [0.717, 1.165) is 19.4 Å². The topological polar surface area (TPSA) is 23.6 Å². The highest BCUT2D eigenvalue weighted by atomic mass is 35.5. The van der Waals surface area contributed by atoms with Gasteiger partial charge in [0.2, 0.25) is 5.91 Å². The number of amides is 1. The van der Waals surface area contributed by atoms with E-state index in [4.69, 9.17) is 23.2 Å². The van der Waals surface area contributed by atoms with Crippen molar-refractivity contribution in [3.05, 3.63) is 29.8 Å². The number of alkyl halides is 2. The molecular formula is C15H20Cl2N2O. The van der Waals surface area contributed by atoms with E-state index in [-0.39, 0.29) is 5.91 Å². The summed E-state index contributed by atoms with van der Waals surface area (Å²) < 4.78 is 0. The summed E-state index contributed by atoms with van der Waals surface area (Å²) in [6, 6.07) is 8.31. The summed E-state index contributed by atoms with van der Waals surface area (Å²) in [6.45, 7) is 2.45. The molecule has 2 rings (SSSR count). The summed E-state index contributed by atoms with van der Waals surface area (Å²) in [5.74, 6) is 0.987. The molecule has 0 aliphatic carbocycles. The third-order valence-electron chi connectivity index (χ3n) is 3.59. The first-order chi connectivity index (χ1) is 9.76. The number of carbonyl (C=O) groups excluding carboxylic acids is 1. The number of para-hydroxylation sites is 1. The first kappa shape index (κ1) is 15.5. The van der Waals surface area contributed by atoms with Gasteiger partial charge in [0.15, 0.2) is 0 Å². The van der Waals surface area contributed by atoms with Gasteiger partial charge in [-0.15, -0.1) is 23.2 Å². The Morgan fingerprint density at radius 3 is 2.60 bits per heavy atom. The second kappa shape index (κ2) is 7.75. The SMILES string of the molecule is O=C(CN1CCCc2ccccc21)N(CCCl)CCCl. The van der Waals surface area contributed by atoms with E-state index in [1.165, 1.54) is 11.3 Å². The second-order valence-electron chi connectivity index (χ2n) is 4.91. The Balaban J connectivity index is 2.04. The predicted molar refractivity (Wildman–Crippen MR) is 85.0 cm³/mol. The lowest BCUT2D eigenvalue weighted by molar-refractivity contribution is -0.129. The number of aryl methyl sites for hydroxylation is 1. The summed E-state index contributed by atoms with van der Waals surface area (Å²) in [5, 5.41) is 0. The van der Waals surface area contributed by atoms with E-state index >= 15 is 0 Å². The fraction of sp³-hybridized carbons (Fsp3) is 0.533. The molecule has 0 fully saturated rings. The number of carbonyl (C=O) groups is 1. The van der Waals surface area contributed by atoms with Crippen LogP contribution in [0.15, 0.2) is 24.3 Å². The highest BCUT2D eigenvalue weighted by Crippen LogP contribution is 2.26. The Labute approximate surface area is 130 Å². The number of anilines is 1. The minimum Gasteiger partial charge on any atom is -0.362 e. The fourth-order valence-corrected chi connectivity index (χ4v) is 3.01. The molecule has 110 valence electrons. The van der Waals surface area contributed by atoms with Gasteiger partial charge in [0.1, 0.15) is 0 Å². The van der Waals surface area contributed by atoms with Crippen LogP contribution in [0.1, 0.15) is 12.0 Å². The van der Waals surface area contributed by atoms with Crippen LogP contribution in [-0.2, 0) is 11.2 Å². The zero-order valence-corrected chi connectivity index (χ0v) is 13.0. The van der Waals surface area contributed by atoms with Crippen molar-refractivity contribution in [2.24, 2.45) is 0 Å². The van der Waals surface area contributed by atoms with Crippen molar-refractivity contribution >= 4 is 34.8 Å². The van der Waals surface area contributed by atoms with Crippen LogP contribution in [0, 0.1) is 0 Å². The monoisotopic (exact) mass is 314 g/mol. The molecule has 0 saturated heterocycles. The Morgan fingerprint density at radius 1 is 1.20 bits per heavy atom. The highest BCUT2D eigenvalue weighted by molar-refractivity contribution is 6.18. The molecule has 0 N–H and O–H groups in total. The molecule has 1 aromatic rings. The van der Waals surface area contributed by atoms with Crippen molar-refractivity contribution in [3.8, 4) is 0 Å². The first-order valence-corrected chi connectivity index (χ1v) is 8.05. The zero-order valence-electron chi connectivity index (χ0n) is 11.5. The van der Waals surface area contributed by atoms with Crippen molar-refractivity contribution in [2.75, 3.05) is 42.8 Å². The molecule has 0 spiro atoms. The van der Waals surface area contributed by atoms with E-state index in [1.807, 2.05) is 6.07 Å². The van der Waals surface area contributed by atoms with E-state index in [1.54, 1.807) is 4.90 Å². The summed E-state index contributed by atoms with van der Waals surface area (Å²) >= 11 is 11.5. The molecule has 1 amide bonds. The molecule has 0 saturated carbocycles. The van der Waals surface area contributed by atoms with Crippen molar-refractivity contribution in [2.45, 2.75) is 12.8 Å². The fourth-order valence-electron chi connectivity index (χ4n) is 2.60. The number of hydrogen-bond acceptors (Lipinski definition) is 2. The number of hydrogen-bond donors (Lipinski definition) is 0. The van der Waals surface area contributed by atoms with Crippen molar-refractivity contribution in [1.29, 1.82) is 0 Å². The lowest BCUT2D eigenvalue weighted by atomic mass is 10.0. The highest BCUT2D eigenvalue weighted by Gasteiger charge is 2.21. The molecule has 0 atom stereocenters. The van der Waals surface area contributed by atoms with Gasteiger partial charge in [-0.1, -0.05) is 18.2 Å². The molecular weight excluding hydrogens is 295 g/mol. The van der Waals surface area contributed by atoms with Gasteiger partial charge in [-0.05, 0) is 24.5 Å². The minimum absolute atomic E-state index is 0.100. The molecule has 0 unspecified atom stereocenters. The van der Waals surface area contributed by atoms with Crippen LogP contribution in [-0.4, -0.2) is 48.7 Å². The van der Waals surface area contributed by atoms with Gasteiger partial charge in [0, 0.05) is 37.1 Å². The summed E-state index contributed by atoms with van der Waals surface area (Å²) in [7, 11) is 0. The third-order valence-corrected chi connectivity index (χ3v) is 3.93. The summed E-state index contributed by atoms with van der Waals surface area (Å²) in [6.07, 6.45) is 2.18. The standard InChI is InChI=1S/C15H20Cl2N2O/c16-7-10-18(11-8-17)15(20)12-19-9-3-5-13-4-1-2-6-14(13)19/h1-2,4,6H,3,5,7-12H2. The molecule has 20 heavy (non-hydrogen) atoms. The first-order valence-electron chi connectivity index (χ1n) is 6.99. The van der Waals surface area contributed by atoms with Crippen LogP contribution in [0.2, 0.25) is 0 Å². The molecule has 0 aromatic heterocycles. The van der Waals surface area contributed by atoms with Crippen LogP contribution in [0.25, 0.3) is 0 Å². The van der Waals surface area contributed by atoms with Crippen LogP contribution in [0.3, 0.4) is 0 Å². The van der Waals surface area contributed by atoms with Gasteiger partial charge in [-0.25, -0.2) is 0 Å². The lowest BCUT2D eigenvalue weighted by Gasteiger charge is -2.32. The number of fused-ring (bicyclic) bond motifs is 1. The van der Waals surface area contributed by atoms with Crippen LogP contribution in [0.4, 0.5) is 5.69 Å². The Morgan fingerprint density at radius 2 is 1.90 bits per heavy atom. The van der Waals surface area contributed by atoms with E-state index in [9.17, 15) is 4.79 Å². The quantitative estimate of drug-likeness (QED) is 0.754. The van der Waals surface area contributed by atoms with E-state index < -0.39 is 0 Å². The smallest absolute Gasteiger partial charge is 0.242 e. The number of halogens is 2. The predicted octanol–water partition coefficient (Wildman–Crippen LogP) is 2.75. The van der Waals surface area contributed by atoms with Crippen LogP contribution in [0.5, 0.6) is 0 Å². The van der Waals surface area contributed by atoms with Crippen molar-refractivity contribution in [3.63, 3.8) is 0 Å². The van der Waals surface area contributed by atoms with Crippen molar-refractivity contribution in [1.82, 2.24) is 4.90 Å². The zero-order chi connectivity index (χ0) is 14.4. The molecule has 1 aliphatic rings. The maximum absolute atomic E-state index is 12.4. The Kier molecular flexibility index (Phi) is 5.99. The maximum atomic E-state index is 12.4. The molecule has 1 aromatic carbocycles. The van der Waals surface area contributed by atoms with Gasteiger partial charge >= 0.3 is 0 Å². The molecule has 0 bridgehead atoms. The second-order valence-corrected chi connectivity index (χ2v) is 5.67. The van der Waals surface area contributed by atoms with Crippen LogP contribution >= 0.6 is 23.2 Å². The number of rotatable bonds is 6. The number of benzene rings is 1. The summed E-state index contributed by atoms with van der Waals surface area (Å²) in [4.78, 5) is 16.3. The lowest BCUT2D eigenvalue weighted by Crippen LogP contribution is -2.43. The van der Waals surface area contributed by atoms with Gasteiger partial charge in [-0.3, -0.25) is 4.79 Å². The van der Waals surface area contributed by atoms with E-state index in [0.29, 0.717) is 31.4 Å². The Hall–Kier alpha value is -0.930. The molecule has 1 heterocycles. The third kappa shape index (κ3) is 3.80. The van der Waals surface area contributed by atoms with Crippen LogP contribution < -0.4 is 4.90 Å². The molecule has 0 radical (unpaired) electrons. The average molecular weight is 315 g/mol. The van der Waals surface area contributed by atoms with Gasteiger partial charge < -0.3 is 9.80 Å². The molecule has 1 aliphatic heterocycles. The average Bonchev–Trinajstić information content (AvgIpc) is 2.47. The molecule has 3 nitrogen and oxygen atoms in total. The molecule has 5 heteroatoms.